The molecule has 0 aliphatic heterocycles. The van der Waals surface area contributed by atoms with Crippen LogP contribution in [0.25, 0.3) is 0 Å². The molecule has 2 saturated carbocycles. The summed E-state index contributed by atoms with van der Waals surface area (Å²) in [6.07, 6.45) is 4.11. The molecule has 2 aromatic carbocycles. The van der Waals surface area contributed by atoms with Gasteiger partial charge in [0.1, 0.15) is 0 Å². The maximum atomic E-state index is 6.53. The third-order valence-electron chi connectivity index (χ3n) is 8.41. The van der Waals surface area contributed by atoms with Gasteiger partial charge < -0.3 is 25.6 Å². The van der Waals surface area contributed by atoms with Gasteiger partial charge in [-0.3, -0.25) is 0 Å². The van der Waals surface area contributed by atoms with Crippen molar-refractivity contribution in [2.75, 3.05) is 36.9 Å². The van der Waals surface area contributed by atoms with Crippen LogP contribution in [0.5, 0.6) is 0 Å². The average molecular weight is 511 g/mol. The average Bonchev–Trinajstić information content (AvgIpc) is 3.18. The van der Waals surface area contributed by atoms with Crippen LogP contribution in [0.1, 0.15) is 40.0 Å². The fourth-order valence-corrected chi connectivity index (χ4v) is 6.25. The number of anilines is 2. The van der Waals surface area contributed by atoms with Crippen molar-refractivity contribution in [2.24, 2.45) is 16.7 Å². The second-order valence-corrected chi connectivity index (χ2v) is 11.3. The molecule has 0 aromatic heterocycles. The number of hydrogen-bond donors (Lipinski definition) is 3. The molecule has 0 unspecified atom stereocenters. The van der Waals surface area contributed by atoms with Crippen molar-refractivity contribution in [3.63, 3.8) is 0 Å². The van der Waals surface area contributed by atoms with Gasteiger partial charge in [0.2, 0.25) is 0 Å². The molecule has 2 aliphatic rings. The van der Waals surface area contributed by atoms with Crippen molar-refractivity contribution in [3.8, 4) is 0 Å². The number of rotatable bonds is 9. The molecule has 4 rings (SSSR count). The van der Waals surface area contributed by atoms with Crippen molar-refractivity contribution >= 4 is 46.0 Å². The largest absolute Gasteiger partial charge is 0.376 e. The highest BCUT2D eigenvalue weighted by molar-refractivity contribution is 7.80. The van der Waals surface area contributed by atoms with E-state index in [9.17, 15) is 0 Å². The van der Waals surface area contributed by atoms with E-state index in [-0.39, 0.29) is 5.41 Å². The summed E-state index contributed by atoms with van der Waals surface area (Å²) in [4.78, 5) is 2.17. The molecule has 7 heteroatoms. The van der Waals surface area contributed by atoms with Gasteiger partial charge in [0.25, 0.3) is 0 Å². The molecule has 2 bridgehead atoms. The first kappa shape index (κ1) is 25.9. The zero-order valence-electron chi connectivity index (χ0n) is 21.0. The Morgan fingerprint density at radius 3 is 2.14 bits per heavy atom. The molecular formula is C28H38N4OS2. The zero-order valence-corrected chi connectivity index (χ0v) is 22.7. The second kappa shape index (κ2) is 11.2. The molecule has 0 saturated heterocycles. The normalized spacial score (nSPS) is 24.1. The van der Waals surface area contributed by atoms with Crippen molar-refractivity contribution < 1.29 is 4.74 Å². The smallest absolute Gasteiger partial charge is 0.173 e. The molecule has 3 atom stereocenters. The lowest BCUT2D eigenvalue weighted by Gasteiger charge is -2.39. The highest BCUT2D eigenvalue weighted by Gasteiger charge is 2.61. The third-order valence-corrected chi connectivity index (χ3v) is 9.01. The Balaban J connectivity index is 1.30. The minimum Gasteiger partial charge on any atom is -0.376 e. The Morgan fingerprint density at radius 1 is 0.943 bits per heavy atom. The number of thiocarbonyl (C=S) groups is 2. The van der Waals surface area contributed by atoms with Crippen molar-refractivity contribution in [2.45, 2.75) is 46.1 Å². The SMILES string of the molecule is CC1(C)[C@H]2CC[C@]1(C)[C@H](OCCN(CCNC(=S)Nc1ccccc1)C(=S)Nc1ccccc1)C2. The first-order valence-electron chi connectivity index (χ1n) is 12.6. The quantitative estimate of drug-likeness (QED) is 0.363. The molecule has 0 amide bonds. The van der Waals surface area contributed by atoms with Gasteiger partial charge in [-0.05, 0) is 84.7 Å². The molecule has 3 N–H and O–H groups in total. The van der Waals surface area contributed by atoms with E-state index in [0.29, 0.717) is 41.4 Å². The number of nitrogens with one attached hydrogen (secondary N) is 3. The maximum Gasteiger partial charge on any atom is 0.173 e. The van der Waals surface area contributed by atoms with Crippen LogP contribution in [0.3, 0.4) is 0 Å². The topological polar surface area (TPSA) is 48.6 Å². The lowest BCUT2D eigenvalue weighted by molar-refractivity contribution is -0.0486. The summed E-state index contributed by atoms with van der Waals surface area (Å²) in [5.41, 5.74) is 2.58. The summed E-state index contributed by atoms with van der Waals surface area (Å²) in [5, 5.41) is 11.2. The molecule has 0 spiro atoms. The van der Waals surface area contributed by atoms with Gasteiger partial charge in [-0.15, -0.1) is 0 Å². The van der Waals surface area contributed by atoms with Gasteiger partial charge >= 0.3 is 0 Å². The summed E-state index contributed by atoms with van der Waals surface area (Å²) in [6.45, 7) is 10.1. The first-order valence-corrected chi connectivity index (χ1v) is 13.4. The fourth-order valence-electron chi connectivity index (χ4n) is 5.73. The van der Waals surface area contributed by atoms with E-state index in [1.54, 1.807) is 0 Å². The Morgan fingerprint density at radius 2 is 1.57 bits per heavy atom. The Labute approximate surface area is 221 Å². The molecular weight excluding hydrogens is 472 g/mol. The van der Waals surface area contributed by atoms with Crippen LogP contribution in [-0.2, 0) is 4.74 Å². The van der Waals surface area contributed by atoms with Crippen LogP contribution in [-0.4, -0.2) is 47.5 Å². The molecule has 5 nitrogen and oxygen atoms in total. The molecule has 0 heterocycles. The lowest BCUT2D eigenvalue weighted by atomic mass is 9.70. The minimum absolute atomic E-state index is 0.266. The molecule has 2 fully saturated rings. The van der Waals surface area contributed by atoms with Crippen LogP contribution in [0.2, 0.25) is 0 Å². The van der Waals surface area contributed by atoms with Crippen molar-refractivity contribution in [1.29, 1.82) is 0 Å². The Kier molecular flexibility index (Phi) is 8.30. The monoisotopic (exact) mass is 510 g/mol. The van der Waals surface area contributed by atoms with Crippen molar-refractivity contribution in [1.82, 2.24) is 10.2 Å². The standard InChI is InChI=1S/C28H38N4OS2/c1-27(2)21-14-15-28(27,3)24(20-21)33-19-18-32(26(35)31-23-12-8-5-9-13-23)17-16-29-25(34)30-22-10-6-4-7-11-22/h4-13,21,24H,14-20H2,1-3H3,(H,31,35)(H2,29,30,34)/t21-,24+,28+/m0/s1. The minimum atomic E-state index is 0.266. The highest BCUT2D eigenvalue weighted by Crippen LogP contribution is 2.66. The molecule has 0 radical (unpaired) electrons. The molecule has 35 heavy (non-hydrogen) atoms. The van der Waals surface area contributed by atoms with Gasteiger partial charge in [-0.25, -0.2) is 0 Å². The van der Waals surface area contributed by atoms with E-state index in [1.807, 2.05) is 60.7 Å². The first-order chi connectivity index (χ1) is 16.8. The van der Waals surface area contributed by atoms with Crippen LogP contribution in [0.15, 0.2) is 60.7 Å². The number of para-hydroxylation sites is 2. The Bertz CT molecular complexity index is 1000. The summed E-state index contributed by atoms with van der Waals surface area (Å²) in [5.74, 6) is 0.775. The van der Waals surface area contributed by atoms with Crippen LogP contribution in [0.4, 0.5) is 11.4 Å². The van der Waals surface area contributed by atoms with Gasteiger partial charge in [0.15, 0.2) is 10.2 Å². The second-order valence-electron chi connectivity index (χ2n) is 10.5. The summed E-state index contributed by atoms with van der Waals surface area (Å²) < 4.78 is 6.53. The van der Waals surface area contributed by atoms with E-state index in [1.165, 1.54) is 19.3 Å². The lowest BCUT2D eigenvalue weighted by Crippen LogP contribution is -2.44. The van der Waals surface area contributed by atoms with E-state index < -0.39 is 0 Å². The maximum absolute atomic E-state index is 6.53. The third kappa shape index (κ3) is 5.96. The molecule has 188 valence electrons. The van der Waals surface area contributed by atoms with E-state index in [2.05, 4.69) is 41.6 Å². The molecule has 2 aliphatic carbocycles. The summed E-state index contributed by atoms with van der Waals surface area (Å²) in [6, 6.07) is 20.0. The number of fused-ring (bicyclic) bond motifs is 2. The number of benzene rings is 2. The zero-order chi connectivity index (χ0) is 24.9. The highest BCUT2D eigenvalue weighted by atomic mass is 32.1. The number of hydrogen-bond acceptors (Lipinski definition) is 3. The van der Waals surface area contributed by atoms with Gasteiger partial charge in [-0.1, -0.05) is 57.2 Å². The predicted octanol–water partition coefficient (Wildman–Crippen LogP) is 5.90. The molecule has 2 aromatic rings. The number of ether oxygens (including phenoxy) is 1. The van der Waals surface area contributed by atoms with Gasteiger partial charge in [0.05, 0.1) is 12.7 Å². The van der Waals surface area contributed by atoms with Crippen LogP contribution >= 0.6 is 24.4 Å². The van der Waals surface area contributed by atoms with Gasteiger partial charge in [0, 0.05) is 31.0 Å². The van der Waals surface area contributed by atoms with Crippen LogP contribution in [0, 0.1) is 16.7 Å². The predicted molar refractivity (Wildman–Crippen MR) is 154 cm³/mol. The summed E-state index contributed by atoms with van der Waals surface area (Å²) >= 11 is 11.3. The van der Waals surface area contributed by atoms with E-state index in [4.69, 9.17) is 29.2 Å². The number of nitrogens with zero attached hydrogens (tertiary/aromatic N) is 1. The summed E-state index contributed by atoms with van der Waals surface area (Å²) in [7, 11) is 0. The van der Waals surface area contributed by atoms with E-state index in [0.717, 1.165) is 23.8 Å². The van der Waals surface area contributed by atoms with E-state index >= 15 is 0 Å². The fraction of sp³-hybridized carbons (Fsp3) is 0.500. The van der Waals surface area contributed by atoms with Crippen molar-refractivity contribution in [3.05, 3.63) is 60.7 Å². The van der Waals surface area contributed by atoms with Gasteiger partial charge in [-0.2, -0.15) is 0 Å². The van der Waals surface area contributed by atoms with Crippen LogP contribution < -0.4 is 16.0 Å². The Hall–Kier alpha value is -2.22.